The maximum absolute atomic E-state index is 13.4. The third-order valence-corrected chi connectivity index (χ3v) is 13.9. The normalized spacial score (nSPS) is 50.1. The molecule has 0 N–H and O–H groups in total. The van der Waals surface area contributed by atoms with E-state index in [1.54, 1.807) is 14.0 Å². The Morgan fingerprint density at radius 1 is 0.784 bits per heavy atom. The van der Waals surface area contributed by atoms with E-state index in [-0.39, 0.29) is 45.1 Å². The summed E-state index contributed by atoms with van der Waals surface area (Å²) in [7, 11) is 1.59. The summed E-state index contributed by atoms with van der Waals surface area (Å²) in [5.74, 6) is 2.43. The predicted octanol–water partition coefficient (Wildman–Crippen LogP) is 7.75. The second kappa shape index (κ2) is 8.59. The Balaban J connectivity index is 1.52. The highest BCUT2D eigenvalue weighted by Crippen LogP contribution is 2.77. The van der Waals surface area contributed by atoms with Gasteiger partial charge in [0, 0.05) is 12.3 Å². The molecule has 0 radical (unpaired) electrons. The van der Waals surface area contributed by atoms with Crippen LogP contribution in [0, 0.1) is 56.7 Å². The van der Waals surface area contributed by atoms with Crippen LogP contribution >= 0.6 is 0 Å². The number of fused-ring (bicyclic) bond motifs is 7. The highest BCUT2D eigenvalue weighted by Gasteiger charge is 2.72. The highest BCUT2D eigenvalue weighted by molar-refractivity contribution is 5.78. The number of hydrogen-bond donors (Lipinski definition) is 0. The van der Waals surface area contributed by atoms with E-state index in [4.69, 9.17) is 9.47 Å². The molecule has 0 amide bonds. The monoisotopic (exact) mass is 512 g/mol. The summed E-state index contributed by atoms with van der Waals surface area (Å²) in [4.78, 5) is 25.3. The van der Waals surface area contributed by atoms with E-state index in [1.165, 1.54) is 31.3 Å². The molecule has 0 aromatic carbocycles. The average Bonchev–Trinajstić information content (AvgIpc) is 3.22. The second-order valence-corrected chi connectivity index (χ2v) is 15.3. The van der Waals surface area contributed by atoms with Gasteiger partial charge in [-0.15, -0.1) is 0 Å². The van der Waals surface area contributed by atoms with Crippen molar-refractivity contribution in [2.24, 2.45) is 56.7 Å². The first-order valence-electron chi connectivity index (χ1n) is 15.1. The number of rotatable bonds is 3. The van der Waals surface area contributed by atoms with E-state index in [2.05, 4.69) is 48.1 Å². The third-order valence-electron chi connectivity index (χ3n) is 13.9. The number of allylic oxidation sites excluding steroid dienone is 1. The number of ether oxygens (including phenoxy) is 2. The second-order valence-electron chi connectivity index (χ2n) is 15.3. The topological polar surface area (TPSA) is 52.6 Å². The Morgan fingerprint density at radius 3 is 2.11 bits per heavy atom. The van der Waals surface area contributed by atoms with Crippen molar-refractivity contribution in [3.8, 4) is 0 Å². The quantitative estimate of drug-likeness (QED) is 0.286. The van der Waals surface area contributed by atoms with Crippen molar-refractivity contribution < 1.29 is 19.1 Å². The smallest absolute Gasteiger partial charge is 0.312 e. The molecule has 10 atom stereocenters. The lowest BCUT2D eigenvalue weighted by Gasteiger charge is -2.72. The number of hydrogen-bond acceptors (Lipinski definition) is 4. The molecule has 5 saturated carbocycles. The largest absolute Gasteiger partial charge is 0.469 e. The summed E-state index contributed by atoms with van der Waals surface area (Å²) in [6.45, 7) is 20.7. The van der Waals surface area contributed by atoms with Crippen LogP contribution in [0.15, 0.2) is 12.2 Å². The summed E-state index contributed by atoms with van der Waals surface area (Å²) in [6.07, 6.45) is 11.1. The highest BCUT2D eigenvalue weighted by atomic mass is 16.5. The van der Waals surface area contributed by atoms with E-state index in [1.807, 2.05) is 0 Å². The lowest BCUT2D eigenvalue weighted by molar-refractivity contribution is -0.250. The van der Waals surface area contributed by atoms with Gasteiger partial charge in [-0.25, -0.2) is 0 Å². The Bertz CT molecular complexity index is 983. The molecule has 5 aliphatic rings. The standard InChI is InChI=1S/C33H52O4/c1-20(2)22-12-17-33(28(35)36-9)19-18-31(7)23(27(22)33)10-11-25-30(6)15-14-26(37-21(3)34)29(4,5)24(30)13-16-32(25,31)8/h22-27H,1,10-19H2,2-9H3/t22-,23-,24-,25+,26-,27-,30-,31+,32+,33+/m0/s1. The molecule has 0 aromatic heterocycles. The molecule has 5 fully saturated rings. The molecule has 5 rings (SSSR count). The Hall–Kier alpha value is -1.32. The molecule has 0 spiro atoms. The van der Waals surface area contributed by atoms with E-state index in [9.17, 15) is 9.59 Å². The van der Waals surface area contributed by atoms with Crippen LogP contribution in [0.25, 0.3) is 0 Å². The molecule has 0 unspecified atom stereocenters. The van der Waals surface area contributed by atoms with Crippen molar-refractivity contribution >= 4 is 11.9 Å². The maximum atomic E-state index is 13.4. The van der Waals surface area contributed by atoms with E-state index in [0.29, 0.717) is 29.6 Å². The van der Waals surface area contributed by atoms with Gasteiger partial charge in [0.05, 0.1) is 12.5 Å². The number of carbonyl (C=O) groups excluding carboxylic acids is 2. The average molecular weight is 513 g/mol. The Labute approximate surface area is 225 Å². The molecule has 37 heavy (non-hydrogen) atoms. The first-order chi connectivity index (χ1) is 17.2. The minimum atomic E-state index is -0.322. The minimum Gasteiger partial charge on any atom is -0.469 e. The summed E-state index contributed by atoms with van der Waals surface area (Å²) in [6, 6.07) is 0. The molecule has 0 heterocycles. The van der Waals surface area contributed by atoms with Crippen LogP contribution in [-0.2, 0) is 19.1 Å². The zero-order valence-corrected chi connectivity index (χ0v) is 24.9. The zero-order chi connectivity index (χ0) is 27.2. The Kier molecular flexibility index (Phi) is 6.33. The molecular formula is C33H52O4. The fourth-order valence-corrected chi connectivity index (χ4v) is 12.1. The van der Waals surface area contributed by atoms with Crippen molar-refractivity contribution in [1.82, 2.24) is 0 Å². The first-order valence-corrected chi connectivity index (χ1v) is 15.1. The lowest BCUT2D eigenvalue weighted by Crippen LogP contribution is -2.67. The summed E-state index contributed by atoms with van der Waals surface area (Å²) in [5, 5.41) is 0. The van der Waals surface area contributed by atoms with Gasteiger partial charge in [0.1, 0.15) is 6.10 Å². The van der Waals surface area contributed by atoms with Crippen LogP contribution in [0.2, 0.25) is 0 Å². The minimum absolute atomic E-state index is 0.0130. The van der Waals surface area contributed by atoms with Crippen LogP contribution in [0.3, 0.4) is 0 Å². The molecule has 0 bridgehead atoms. The van der Waals surface area contributed by atoms with Gasteiger partial charge in [0.15, 0.2) is 0 Å². The van der Waals surface area contributed by atoms with Crippen LogP contribution in [0.1, 0.15) is 113 Å². The van der Waals surface area contributed by atoms with Crippen LogP contribution in [0.4, 0.5) is 0 Å². The van der Waals surface area contributed by atoms with Gasteiger partial charge in [0.25, 0.3) is 0 Å². The van der Waals surface area contributed by atoms with Crippen molar-refractivity contribution in [1.29, 1.82) is 0 Å². The fourth-order valence-electron chi connectivity index (χ4n) is 12.1. The van der Waals surface area contributed by atoms with Crippen LogP contribution in [-0.4, -0.2) is 25.2 Å². The molecule has 0 saturated heterocycles. The molecule has 0 aliphatic heterocycles. The molecular weight excluding hydrogens is 460 g/mol. The van der Waals surface area contributed by atoms with E-state index < -0.39 is 0 Å². The van der Waals surface area contributed by atoms with Gasteiger partial charge in [-0.05, 0) is 117 Å². The Morgan fingerprint density at radius 2 is 1.49 bits per heavy atom. The summed E-state index contributed by atoms with van der Waals surface area (Å²) >= 11 is 0. The van der Waals surface area contributed by atoms with Gasteiger partial charge in [-0.3, -0.25) is 9.59 Å². The molecule has 208 valence electrons. The zero-order valence-electron chi connectivity index (χ0n) is 24.9. The molecule has 0 aromatic rings. The van der Waals surface area contributed by atoms with Gasteiger partial charge in [-0.1, -0.05) is 46.8 Å². The third kappa shape index (κ3) is 3.45. The fraction of sp³-hybridized carbons (Fsp3) is 0.879. The van der Waals surface area contributed by atoms with Crippen molar-refractivity contribution in [2.75, 3.05) is 7.11 Å². The first kappa shape index (κ1) is 27.3. The van der Waals surface area contributed by atoms with Crippen LogP contribution in [0.5, 0.6) is 0 Å². The molecule has 4 heteroatoms. The summed E-state index contributed by atoms with van der Waals surface area (Å²) in [5.41, 5.74) is 1.63. The van der Waals surface area contributed by atoms with Crippen molar-refractivity contribution in [3.05, 3.63) is 12.2 Å². The molecule has 5 aliphatic carbocycles. The number of esters is 2. The van der Waals surface area contributed by atoms with Gasteiger partial charge >= 0.3 is 11.9 Å². The van der Waals surface area contributed by atoms with Crippen LogP contribution < -0.4 is 0 Å². The van der Waals surface area contributed by atoms with E-state index >= 15 is 0 Å². The maximum Gasteiger partial charge on any atom is 0.312 e. The number of methoxy groups -OCH3 is 1. The number of carbonyl (C=O) groups is 2. The SMILES string of the molecule is C=C(C)[C@@H]1CC[C@@]2(C(=O)OC)CC[C@]3(C)[C@@H](CC[C@@H]4[C@@]5(C)CC[C@H](OC(C)=O)C(C)(C)[C@@H]5CC[C@]43C)[C@H]12. The molecule has 4 nitrogen and oxygen atoms in total. The van der Waals surface area contributed by atoms with Gasteiger partial charge in [0.2, 0.25) is 0 Å². The van der Waals surface area contributed by atoms with Crippen molar-refractivity contribution in [3.63, 3.8) is 0 Å². The van der Waals surface area contributed by atoms with E-state index in [0.717, 1.165) is 38.5 Å². The van der Waals surface area contributed by atoms with Crippen molar-refractivity contribution in [2.45, 2.75) is 119 Å². The summed E-state index contributed by atoms with van der Waals surface area (Å²) < 4.78 is 11.4. The van der Waals surface area contributed by atoms with Gasteiger partial charge < -0.3 is 9.47 Å². The lowest BCUT2D eigenvalue weighted by atomic mass is 9.32. The predicted molar refractivity (Wildman–Crippen MR) is 147 cm³/mol. The van der Waals surface area contributed by atoms with Gasteiger partial charge in [-0.2, -0.15) is 0 Å².